The number of rotatable bonds is 3. The number of carbonyl (C=O) groups is 1. The van der Waals surface area contributed by atoms with E-state index in [9.17, 15) is 4.79 Å². The van der Waals surface area contributed by atoms with Crippen LogP contribution in [0.2, 0.25) is 5.02 Å². The van der Waals surface area contributed by atoms with Crippen LogP contribution in [0.25, 0.3) is 0 Å². The van der Waals surface area contributed by atoms with E-state index in [0.29, 0.717) is 10.8 Å². The lowest BCUT2D eigenvalue weighted by molar-refractivity contribution is 0.0989. The molecule has 1 aromatic rings. The van der Waals surface area contributed by atoms with Gasteiger partial charge in [-0.05, 0) is 31.4 Å². The van der Waals surface area contributed by atoms with Gasteiger partial charge in [0, 0.05) is 6.04 Å². The van der Waals surface area contributed by atoms with E-state index in [-0.39, 0.29) is 17.7 Å². The summed E-state index contributed by atoms with van der Waals surface area (Å²) >= 11 is 6.00. The third kappa shape index (κ3) is 3.39. The molecule has 0 bridgehead atoms. The van der Waals surface area contributed by atoms with E-state index < -0.39 is 5.91 Å². The second-order valence-electron chi connectivity index (χ2n) is 4.94. The minimum absolute atomic E-state index is 0.0118. The number of amides is 1. The first-order valence-electron chi connectivity index (χ1n) is 6.60. The molecule has 0 heterocycles. The van der Waals surface area contributed by atoms with Crippen LogP contribution in [0.4, 0.5) is 0 Å². The molecule has 4 N–H and O–H groups in total. The topological polar surface area (TPSA) is 78.3 Å². The van der Waals surface area contributed by atoms with Crippen molar-refractivity contribution in [2.45, 2.75) is 44.2 Å². The van der Waals surface area contributed by atoms with Crippen LogP contribution in [0.5, 0.6) is 5.75 Å². The molecule has 0 spiro atoms. The number of carbonyl (C=O) groups excluding carboxylic acids is 1. The molecule has 2 unspecified atom stereocenters. The van der Waals surface area contributed by atoms with Gasteiger partial charge >= 0.3 is 0 Å². The first-order valence-corrected chi connectivity index (χ1v) is 6.98. The normalized spacial score (nSPS) is 23.7. The van der Waals surface area contributed by atoms with Gasteiger partial charge in [-0.2, -0.15) is 0 Å². The van der Waals surface area contributed by atoms with Crippen LogP contribution in [0.1, 0.15) is 42.5 Å². The highest BCUT2D eigenvalue weighted by molar-refractivity contribution is 6.34. The van der Waals surface area contributed by atoms with E-state index in [4.69, 9.17) is 27.8 Å². The Morgan fingerprint density at radius 2 is 2.00 bits per heavy atom. The van der Waals surface area contributed by atoms with Gasteiger partial charge in [-0.1, -0.05) is 30.5 Å². The predicted molar refractivity (Wildman–Crippen MR) is 75.4 cm³/mol. The van der Waals surface area contributed by atoms with Crippen LogP contribution in [0, 0.1) is 0 Å². The van der Waals surface area contributed by atoms with Crippen molar-refractivity contribution in [1.29, 1.82) is 0 Å². The molecule has 4 nitrogen and oxygen atoms in total. The fourth-order valence-electron chi connectivity index (χ4n) is 2.45. The van der Waals surface area contributed by atoms with Crippen molar-refractivity contribution in [3.05, 3.63) is 28.8 Å². The predicted octanol–water partition coefficient (Wildman–Crippen LogP) is 2.48. The number of ether oxygens (including phenoxy) is 1. The fraction of sp³-hybridized carbons (Fsp3) is 0.500. The molecule has 1 fully saturated rings. The monoisotopic (exact) mass is 282 g/mol. The molecule has 1 aliphatic rings. The number of hydrogen-bond donors (Lipinski definition) is 2. The minimum Gasteiger partial charge on any atom is -0.488 e. The molecule has 1 saturated carbocycles. The molecule has 1 aliphatic carbocycles. The highest BCUT2D eigenvalue weighted by atomic mass is 35.5. The summed E-state index contributed by atoms with van der Waals surface area (Å²) in [5, 5.41) is 0.312. The molecule has 0 radical (unpaired) electrons. The summed E-state index contributed by atoms with van der Waals surface area (Å²) in [6.45, 7) is 0. The van der Waals surface area contributed by atoms with E-state index in [1.165, 1.54) is 6.42 Å². The molecule has 2 atom stereocenters. The summed E-state index contributed by atoms with van der Waals surface area (Å²) in [5.41, 5.74) is 11.7. The first-order chi connectivity index (χ1) is 9.09. The second-order valence-corrected chi connectivity index (χ2v) is 5.34. The molecule has 19 heavy (non-hydrogen) atoms. The molecular weight excluding hydrogens is 264 g/mol. The number of benzene rings is 1. The van der Waals surface area contributed by atoms with Gasteiger partial charge in [-0.3, -0.25) is 4.79 Å². The van der Waals surface area contributed by atoms with Gasteiger partial charge in [-0.25, -0.2) is 0 Å². The maximum atomic E-state index is 11.5. The quantitative estimate of drug-likeness (QED) is 0.836. The van der Waals surface area contributed by atoms with Crippen LogP contribution >= 0.6 is 11.6 Å². The van der Waals surface area contributed by atoms with Crippen molar-refractivity contribution < 1.29 is 9.53 Å². The summed E-state index contributed by atoms with van der Waals surface area (Å²) in [7, 11) is 0. The van der Waals surface area contributed by atoms with E-state index in [2.05, 4.69) is 0 Å². The summed E-state index contributed by atoms with van der Waals surface area (Å²) in [6, 6.07) is 5.07. The summed E-state index contributed by atoms with van der Waals surface area (Å²) < 4.78 is 5.91. The largest absolute Gasteiger partial charge is 0.488 e. The molecule has 0 aromatic heterocycles. The van der Waals surface area contributed by atoms with Crippen molar-refractivity contribution in [2.75, 3.05) is 0 Å². The molecule has 1 aromatic carbocycles. The summed E-state index contributed by atoms with van der Waals surface area (Å²) in [5.74, 6) is -0.148. The Kier molecular flexibility index (Phi) is 4.66. The molecule has 2 rings (SSSR count). The maximum absolute atomic E-state index is 11.5. The molecular formula is C14H19ClN2O2. The van der Waals surface area contributed by atoms with Gasteiger partial charge in [0.1, 0.15) is 11.9 Å². The van der Waals surface area contributed by atoms with E-state index in [1.54, 1.807) is 18.2 Å². The number of halogens is 1. The molecule has 0 saturated heterocycles. The van der Waals surface area contributed by atoms with Crippen molar-refractivity contribution in [1.82, 2.24) is 0 Å². The number of primary amides is 1. The van der Waals surface area contributed by atoms with Crippen LogP contribution in [0.15, 0.2) is 18.2 Å². The van der Waals surface area contributed by atoms with Gasteiger partial charge < -0.3 is 16.2 Å². The highest BCUT2D eigenvalue weighted by Gasteiger charge is 2.24. The van der Waals surface area contributed by atoms with Gasteiger partial charge in [0.05, 0.1) is 10.6 Å². The second kappa shape index (κ2) is 6.26. The number of hydrogen-bond acceptors (Lipinski definition) is 3. The van der Waals surface area contributed by atoms with Crippen LogP contribution in [-0.4, -0.2) is 18.1 Å². The van der Waals surface area contributed by atoms with Gasteiger partial charge in [0.2, 0.25) is 0 Å². The van der Waals surface area contributed by atoms with Crippen molar-refractivity contribution in [3.8, 4) is 5.75 Å². The zero-order valence-corrected chi connectivity index (χ0v) is 11.5. The summed E-state index contributed by atoms with van der Waals surface area (Å²) in [6.07, 6.45) is 5.14. The standard InChI is InChI=1S/C14H19ClN2O2/c15-9-5-4-8-12(13(9)14(17)18)19-11-7-3-1-2-6-10(11)16/h4-5,8,10-11H,1-3,6-7,16H2,(H2,17,18). The van der Waals surface area contributed by atoms with Crippen molar-refractivity contribution >= 4 is 17.5 Å². The van der Waals surface area contributed by atoms with Gasteiger partial charge in [0.25, 0.3) is 5.91 Å². The summed E-state index contributed by atoms with van der Waals surface area (Å²) in [4.78, 5) is 11.5. The Morgan fingerprint density at radius 3 is 2.74 bits per heavy atom. The number of nitrogens with two attached hydrogens (primary N) is 2. The molecule has 1 amide bonds. The first kappa shape index (κ1) is 14.2. The fourth-order valence-corrected chi connectivity index (χ4v) is 2.71. The Balaban J connectivity index is 2.22. The minimum atomic E-state index is -0.581. The third-order valence-electron chi connectivity index (χ3n) is 3.50. The lowest BCUT2D eigenvalue weighted by atomic mass is 10.1. The Hall–Kier alpha value is -1.26. The van der Waals surface area contributed by atoms with E-state index in [1.807, 2.05) is 0 Å². The van der Waals surface area contributed by atoms with Crippen molar-refractivity contribution in [3.63, 3.8) is 0 Å². The Morgan fingerprint density at radius 1 is 1.26 bits per heavy atom. The molecule has 5 heteroatoms. The van der Waals surface area contributed by atoms with Crippen LogP contribution in [-0.2, 0) is 0 Å². The average molecular weight is 283 g/mol. The lowest BCUT2D eigenvalue weighted by Gasteiger charge is -2.24. The molecule has 104 valence electrons. The lowest BCUT2D eigenvalue weighted by Crippen LogP contribution is -2.38. The van der Waals surface area contributed by atoms with Gasteiger partial charge in [-0.15, -0.1) is 0 Å². The Bertz CT molecular complexity index is 465. The average Bonchev–Trinajstić information content (AvgIpc) is 2.54. The van der Waals surface area contributed by atoms with E-state index >= 15 is 0 Å². The zero-order valence-electron chi connectivity index (χ0n) is 10.8. The Labute approximate surface area is 118 Å². The molecule has 0 aliphatic heterocycles. The maximum Gasteiger partial charge on any atom is 0.253 e. The third-order valence-corrected chi connectivity index (χ3v) is 3.82. The smallest absolute Gasteiger partial charge is 0.253 e. The zero-order chi connectivity index (χ0) is 13.8. The van der Waals surface area contributed by atoms with Crippen molar-refractivity contribution in [2.24, 2.45) is 11.5 Å². The van der Waals surface area contributed by atoms with Crippen LogP contribution in [0.3, 0.4) is 0 Å². The van der Waals surface area contributed by atoms with Gasteiger partial charge in [0.15, 0.2) is 0 Å². The SMILES string of the molecule is NC(=O)c1c(Cl)cccc1OC1CCCCCC1N. The highest BCUT2D eigenvalue weighted by Crippen LogP contribution is 2.29. The van der Waals surface area contributed by atoms with E-state index in [0.717, 1.165) is 25.7 Å². The van der Waals surface area contributed by atoms with Crippen LogP contribution < -0.4 is 16.2 Å².